The highest BCUT2D eigenvalue weighted by Gasteiger charge is 2.28. The second kappa shape index (κ2) is 6.49. The minimum Gasteiger partial charge on any atom is -0.368 e. The molecular formula is C13H15Cl2N3O3. The molecule has 0 aliphatic carbocycles. The zero-order valence-corrected chi connectivity index (χ0v) is 12.9. The molecule has 1 heterocycles. The van der Waals surface area contributed by atoms with Crippen molar-refractivity contribution in [2.24, 2.45) is 5.92 Å². The van der Waals surface area contributed by atoms with E-state index in [0.29, 0.717) is 18.8 Å². The monoisotopic (exact) mass is 331 g/mol. The Bertz CT molecular complexity index is 557. The van der Waals surface area contributed by atoms with Crippen molar-refractivity contribution in [1.82, 2.24) is 5.32 Å². The Hall–Kier alpha value is -1.53. The van der Waals surface area contributed by atoms with E-state index in [1.165, 1.54) is 12.1 Å². The lowest BCUT2D eigenvalue weighted by Crippen LogP contribution is -2.42. The maximum absolute atomic E-state index is 11.8. The van der Waals surface area contributed by atoms with E-state index in [1.54, 1.807) is 7.05 Å². The van der Waals surface area contributed by atoms with E-state index < -0.39 is 4.92 Å². The van der Waals surface area contributed by atoms with Crippen molar-refractivity contribution in [3.8, 4) is 0 Å². The average molecular weight is 332 g/mol. The second-order valence-corrected chi connectivity index (χ2v) is 5.73. The minimum absolute atomic E-state index is 0.0196. The number of hydrogen-bond donors (Lipinski definition) is 1. The summed E-state index contributed by atoms with van der Waals surface area (Å²) < 4.78 is 0. The van der Waals surface area contributed by atoms with Crippen molar-refractivity contribution in [1.29, 1.82) is 0 Å². The van der Waals surface area contributed by atoms with E-state index >= 15 is 0 Å². The van der Waals surface area contributed by atoms with E-state index in [9.17, 15) is 14.9 Å². The molecule has 0 aromatic heterocycles. The third-order valence-corrected chi connectivity index (χ3v) is 4.14. The Balaban J connectivity index is 2.29. The van der Waals surface area contributed by atoms with E-state index in [1.807, 2.05) is 4.90 Å². The van der Waals surface area contributed by atoms with Crippen LogP contribution in [-0.2, 0) is 4.79 Å². The van der Waals surface area contributed by atoms with Gasteiger partial charge in [-0.2, -0.15) is 0 Å². The molecule has 0 bridgehead atoms. The minimum atomic E-state index is -0.537. The summed E-state index contributed by atoms with van der Waals surface area (Å²) in [5.41, 5.74) is 0.408. The third-order valence-electron chi connectivity index (χ3n) is 3.57. The number of piperidine rings is 1. The molecule has 21 heavy (non-hydrogen) atoms. The number of benzene rings is 1. The van der Waals surface area contributed by atoms with Gasteiger partial charge in [-0.25, -0.2) is 0 Å². The van der Waals surface area contributed by atoms with E-state index in [4.69, 9.17) is 23.2 Å². The smallest absolute Gasteiger partial charge is 0.272 e. The Morgan fingerprint density at radius 2 is 2.05 bits per heavy atom. The molecule has 114 valence electrons. The van der Waals surface area contributed by atoms with Gasteiger partial charge in [-0.05, 0) is 12.8 Å². The molecule has 1 unspecified atom stereocenters. The van der Waals surface area contributed by atoms with Crippen LogP contribution in [0.3, 0.4) is 0 Å². The number of hydrogen-bond acceptors (Lipinski definition) is 4. The first-order valence-corrected chi connectivity index (χ1v) is 7.29. The molecule has 0 saturated carbocycles. The van der Waals surface area contributed by atoms with E-state index in [-0.39, 0.29) is 27.6 Å². The van der Waals surface area contributed by atoms with E-state index in [0.717, 1.165) is 12.8 Å². The first-order valence-electron chi connectivity index (χ1n) is 6.54. The number of carbonyl (C=O) groups is 1. The second-order valence-electron chi connectivity index (χ2n) is 4.91. The Morgan fingerprint density at radius 1 is 1.43 bits per heavy atom. The molecule has 2 rings (SSSR count). The average Bonchev–Trinajstić information content (AvgIpc) is 2.45. The molecule has 1 aliphatic rings. The van der Waals surface area contributed by atoms with Crippen LogP contribution in [0.1, 0.15) is 12.8 Å². The molecular weight excluding hydrogens is 317 g/mol. The normalized spacial score (nSPS) is 18.4. The van der Waals surface area contributed by atoms with Gasteiger partial charge in [0.2, 0.25) is 5.91 Å². The summed E-state index contributed by atoms with van der Waals surface area (Å²) in [6.45, 7) is 1.21. The lowest BCUT2D eigenvalue weighted by atomic mass is 9.96. The van der Waals surface area contributed by atoms with Crippen LogP contribution in [0.2, 0.25) is 10.0 Å². The van der Waals surface area contributed by atoms with Gasteiger partial charge in [0.05, 0.1) is 26.6 Å². The summed E-state index contributed by atoms with van der Waals surface area (Å²) in [6, 6.07) is 2.57. The van der Waals surface area contributed by atoms with Crippen molar-refractivity contribution < 1.29 is 9.72 Å². The van der Waals surface area contributed by atoms with Gasteiger partial charge in [0, 0.05) is 32.3 Å². The standard InChI is InChI=1S/C13H15Cl2N3O3/c1-16-13(19)8-3-2-4-17(7-8)12-10(14)5-9(18(20)21)6-11(12)15/h5-6,8H,2-4,7H2,1H3,(H,16,19). The van der Waals surface area contributed by atoms with Crippen LogP contribution in [0, 0.1) is 16.0 Å². The molecule has 1 fully saturated rings. The predicted octanol–water partition coefficient (Wildman–Crippen LogP) is 2.86. The number of nitrogens with one attached hydrogen (secondary N) is 1. The molecule has 1 aromatic carbocycles. The summed E-state index contributed by atoms with van der Waals surface area (Å²) in [6.07, 6.45) is 1.64. The van der Waals surface area contributed by atoms with Crippen molar-refractivity contribution in [2.75, 3.05) is 25.0 Å². The molecule has 1 atom stereocenters. The summed E-state index contributed by atoms with van der Waals surface area (Å²) in [5, 5.41) is 13.9. The van der Waals surface area contributed by atoms with Crippen LogP contribution in [-0.4, -0.2) is 31.0 Å². The number of halogens is 2. The molecule has 1 aliphatic heterocycles. The fourth-order valence-electron chi connectivity index (χ4n) is 2.56. The molecule has 6 nitrogen and oxygen atoms in total. The van der Waals surface area contributed by atoms with Crippen LogP contribution in [0.4, 0.5) is 11.4 Å². The summed E-state index contributed by atoms with van der Waals surface area (Å²) >= 11 is 12.3. The number of nitro groups is 1. The van der Waals surface area contributed by atoms with Gasteiger partial charge >= 0.3 is 0 Å². The molecule has 0 radical (unpaired) electrons. The fraction of sp³-hybridized carbons (Fsp3) is 0.462. The van der Waals surface area contributed by atoms with Gasteiger partial charge in [0.25, 0.3) is 5.69 Å². The summed E-state index contributed by atoms with van der Waals surface area (Å²) in [7, 11) is 1.60. The van der Waals surface area contributed by atoms with E-state index in [2.05, 4.69) is 5.32 Å². The SMILES string of the molecule is CNC(=O)C1CCCN(c2c(Cl)cc([N+](=O)[O-])cc2Cl)C1. The third kappa shape index (κ3) is 3.39. The Morgan fingerprint density at radius 3 is 2.57 bits per heavy atom. The Labute approximate surface area is 132 Å². The molecule has 1 N–H and O–H groups in total. The fourth-order valence-corrected chi connectivity index (χ4v) is 3.27. The summed E-state index contributed by atoms with van der Waals surface area (Å²) in [5.74, 6) is -0.153. The van der Waals surface area contributed by atoms with Gasteiger partial charge in [-0.3, -0.25) is 14.9 Å². The van der Waals surface area contributed by atoms with Crippen molar-refractivity contribution in [3.63, 3.8) is 0 Å². The van der Waals surface area contributed by atoms with Gasteiger partial charge < -0.3 is 10.2 Å². The van der Waals surface area contributed by atoms with Crippen molar-refractivity contribution in [3.05, 3.63) is 32.3 Å². The summed E-state index contributed by atoms with van der Waals surface area (Å²) in [4.78, 5) is 23.9. The number of nitrogens with zero attached hydrogens (tertiary/aromatic N) is 2. The first kappa shape index (κ1) is 15.9. The highest BCUT2D eigenvalue weighted by Crippen LogP contribution is 2.39. The molecule has 0 spiro atoms. The van der Waals surface area contributed by atoms with Crippen LogP contribution >= 0.6 is 23.2 Å². The lowest BCUT2D eigenvalue weighted by Gasteiger charge is -2.34. The molecule has 1 aromatic rings. The number of rotatable bonds is 3. The Kier molecular flexibility index (Phi) is 4.90. The largest absolute Gasteiger partial charge is 0.368 e. The first-order chi connectivity index (χ1) is 9.93. The predicted molar refractivity (Wildman–Crippen MR) is 82.1 cm³/mol. The van der Waals surface area contributed by atoms with Crippen LogP contribution in [0.5, 0.6) is 0 Å². The maximum Gasteiger partial charge on any atom is 0.272 e. The van der Waals surface area contributed by atoms with Gasteiger partial charge in [0.15, 0.2) is 0 Å². The highest BCUT2D eigenvalue weighted by molar-refractivity contribution is 6.39. The van der Waals surface area contributed by atoms with Gasteiger partial charge in [0.1, 0.15) is 0 Å². The van der Waals surface area contributed by atoms with Crippen LogP contribution in [0.15, 0.2) is 12.1 Å². The maximum atomic E-state index is 11.8. The molecule has 1 amide bonds. The number of amides is 1. The van der Waals surface area contributed by atoms with Crippen molar-refractivity contribution in [2.45, 2.75) is 12.8 Å². The number of non-ortho nitro benzene ring substituents is 1. The van der Waals surface area contributed by atoms with Crippen LogP contribution in [0.25, 0.3) is 0 Å². The molecule has 1 saturated heterocycles. The van der Waals surface area contributed by atoms with Gasteiger partial charge in [-0.15, -0.1) is 0 Å². The number of anilines is 1. The molecule has 8 heteroatoms. The van der Waals surface area contributed by atoms with Crippen LogP contribution < -0.4 is 10.2 Å². The number of carbonyl (C=O) groups excluding carboxylic acids is 1. The quantitative estimate of drug-likeness (QED) is 0.682. The lowest BCUT2D eigenvalue weighted by molar-refractivity contribution is -0.384. The zero-order valence-electron chi connectivity index (χ0n) is 11.4. The highest BCUT2D eigenvalue weighted by atomic mass is 35.5. The van der Waals surface area contributed by atoms with Crippen molar-refractivity contribution >= 4 is 40.5 Å². The topological polar surface area (TPSA) is 75.5 Å². The zero-order chi connectivity index (χ0) is 15.6. The number of nitro benzene ring substituents is 1. The van der Waals surface area contributed by atoms with Gasteiger partial charge in [-0.1, -0.05) is 23.2 Å².